The first-order valence-electron chi connectivity index (χ1n) is 8.73. The van der Waals surface area contributed by atoms with Crippen LogP contribution in [-0.2, 0) is 6.54 Å². The number of carbonyl (C=O) groups is 1. The highest BCUT2D eigenvalue weighted by molar-refractivity contribution is 6.02. The second-order valence-corrected chi connectivity index (χ2v) is 5.99. The molecule has 0 saturated carbocycles. The van der Waals surface area contributed by atoms with E-state index in [9.17, 15) is 4.79 Å². The Balaban J connectivity index is 1.59. The van der Waals surface area contributed by atoms with Crippen molar-refractivity contribution in [2.75, 3.05) is 24.9 Å². The van der Waals surface area contributed by atoms with Gasteiger partial charge in [0.25, 0.3) is 5.91 Å². The Hall–Kier alpha value is -4.12. The van der Waals surface area contributed by atoms with E-state index < -0.39 is 0 Å². The van der Waals surface area contributed by atoms with Crippen LogP contribution in [0.4, 0.5) is 11.5 Å². The number of hydrogen-bond acceptors (Lipinski definition) is 7. The number of amides is 1. The molecule has 0 unspecified atom stereocenters. The number of nitrogens with zero attached hydrogens (tertiary/aromatic N) is 3. The summed E-state index contributed by atoms with van der Waals surface area (Å²) in [7, 11) is 3.17. The third-order valence-corrected chi connectivity index (χ3v) is 4.09. The van der Waals surface area contributed by atoms with Gasteiger partial charge in [0.05, 0.1) is 25.9 Å². The zero-order chi connectivity index (χ0) is 20.6. The van der Waals surface area contributed by atoms with Gasteiger partial charge in [-0.25, -0.2) is 0 Å². The van der Waals surface area contributed by atoms with Gasteiger partial charge in [-0.3, -0.25) is 4.79 Å². The van der Waals surface area contributed by atoms with Crippen molar-refractivity contribution < 1.29 is 14.3 Å². The van der Waals surface area contributed by atoms with E-state index in [2.05, 4.69) is 20.8 Å². The molecule has 3 aromatic rings. The molecule has 0 spiro atoms. The number of methoxy groups -OCH3 is 2. The van der Waals surface area contributed by atoms with E-state index in [4.69, 9.17) is 14.7 Å². The number of benzene rings is 2. The summed E-state index contributed by atoms with van der Waals surface area (Å²) >= 11 is 0. The first-order valence-corrected chi connectivity index (χ1v) is 8.73. The molecular weight excluding hydrogens is 370 g/mol. The Morgan fingerprint density at radius 3 is 2.38 bits per heavy atom. The summed E-state index contributed by atoms with van der Waals surface area (Å²) in [4.78, 5) is 12.3. The van der Waals surface area contributed by atoms with E-state index in [1.165, 1.54) is 0 Å². The predicted molar refractivity (Wildman–Crippen MR) is 108 cm³/mol. The number of carbonyl (C=O) groups excluding carboxylic acids is 1. The molecule has 0 atom stereocenters. The fourth-order valence-electron chi connectivity index (χ4n) is 2.55. The van der Waals surface area contributed by atoms with Crippen molar-refractivity contribution in [3.8, 4) is 17.6 Å². The lowest BCUT2D eigenvalue weighted by Gasteiger charge is -2.10. The molecule has 146 valence electrons. The van der Waals surface area contributed by atoms with Crippen molar-refractivity contribution in [1.82, 2.24) is 10.2 Å². The SMILES string of the molecule is COc1ccc(CNc2ccc(C(=O)Nc3ccc(C#N)cc3)nn2)cc1OC. The minimum Gasteiger partial charge on any atom is -0.493 e. The van der Waals surface area contributed by atoms with E-state index in [1.807, 2.05) is 24.3 Å². The van der Waals surface area contributed by atoms with E-state index in [0.29, 0.717) is 35.1 Å². The van der Waals surface area contributed by atoms with Crippen molar-refractivity contribution in [2.45, 2.75) is 6.54 Å². The molecule has 0 aliphatic carbocycles. The Kier molecular flexibility index (Phi) is 6.22. The van der Waals surface area contributed by atoms with Crippen LogP contribution in [0, 0.1) is 11.3 Å². The van der Waals surface area contributed by atoms with E-state index >= 15 is 0 Å². The van der Waals surface area contributed by atoms with Crippen LogP contribution in [0.5, 0.6) is 11.5 Å². The van der Waals surface area contributed by atoms with Crippen molar-refractivity contribution in [3.05, 3.63) is 71.4 Å². The van der Waals surface area contributed by atoms with Crippen LogP contribution >= 0.6 is 0 Å². The maximum atomic E-state index is 12.3. The van der Waals surface area contributed by atoms with Gasteiger partial charge in [0.15, 0.2) is 17.2 Å². The largest absolute Gasteiger partial charge is 0.493 e. The molecule has 3 rings (SSSR count). The predicted octanol–water partition coefficient (Wildman–Crippen LogP) is 3.23. The average Bonchev–Trinajstić information content (AvgIpc) is 2.78. The Bertz CT molecular complexity index is 1030. The molecule has 2 aromatic carbocycles. The zero-order valence-corrected chi connectivity index (χ0v) is 16.0. The van der Waals surface area contributed by atoms with Crippen molar-refractivity contribution in [3.63, 3.8) is 0 Å². The topological polar surface area (TPSA) is 109 Å². The van der Waals surface area contributed by atoms with Crippen LogP contribution in [0.2, 0.25) is 0 Å². The maximum absolute atomic E-state index is 12.3. The number of aromatic nitrogens is 2. The highest BCUT2D eigenvalue weighted by Crippen LogP contribution is 2.27. The summed E-state index contributed by atoms with van der Waals surface area (Å²) < 4.78 is 10.5. The van der Waals surface area contributed by atoms with Crippen LogP contribution in [0.15, 0.2) is 54.6 Å². The molecule has 2 N–H and O–H groups in total. The van der Waals surface area contributed by atoms with Gasteiger partial charge in [-0.1, -0.05) is 6.07 Å². The first kappa shape index (κ1) is 19.6. The molecule has 29 heavy (non-hydrogen) atoms. The molecule has 0 bridgehead atoms. The Morgan fingerprint density at radius 2 is 1.76 bits per heavy atom. The highest BCUT2D eigenvalue weighted by atomic mass is 16.5. The fraction of sp³-hybridized carbons (Fsp3) is 0.143. The minimum atomic E-state index is -0.381. The molecule has 1 heterocycles. The highest BCUT2D eigenvalue weighted by Gasteiger charge is 2.09. The molecule has 0 radical (unpaired) electrons. The van der Waals surface area contributed by atoms with Gasteiger partial charge in [0, 0.05) is 12.2 Å². The third kappa shape index (κ3) is 4.99. The summed E-state index contributed by atoms with van der Waals surface area (Å²) in [6, 6.07) is 17.5. The van der Waals surface area contributed by atoms with Crippen molar-refractivity contribution in [1.29, 1.82) is 5.26 Å². The normalized spacial score (nSPS) is 9.97. The summed E-state index contributed by atoms with van der Waals surface area (Å²) in [5.41, 5.74) is 2.26. The number of nitriles is 1. The van der Waals surface area contributed by atoms with Gasteiger partial charge in [-0.2, -0.15) is 5.26 Å². The van der Waals surface area contributed by atoms with E-state index in [0.717, 1.165) is 5.56 Å². The summed E-state index contributed by atoms with van der Waals surface area (Å²) in [6.45, 7) is 0.506. The van der Waals surface area contributed by atoms with Crippen LogP contribution in [0.1, 0.15) is 21.6 Å². The molecule has 1 amide bonds. The summed E-state index contributed by atoms with van der Waals surface area (Å²) in [5, 5.41) is 22.7. The molecule has 8 heteroatoms. The number of rotatable bonds is 7. The van der Waals surface area contributed by atoms with Gasteiger partial charge in [-0.15, -0.1) is 10.2 Å². The molecule has 0 saturated heterocycles. The van der Waals surface area contributed by atoms with Crippen LogP contribution in [-0.4, -0.2) is 30.3 Å². The summed E-state index contributed by atoms with van der Waals surface area (Å²) in [5.74, 6) is 1.46. The summed E-state index contributed by atoms with van der Waals surface area (Å²) in [6.07, 6.45) is 0. The van der Waals surface area contributed by atoms with Crippen LogP contribution < -0.4 is 20.1 Å². The lowest BCUT2D eigenvalue weighted by atomic mass is 10.2. The fourth-order valence-corrected chi connectivity index (χ4v) is 2.55. The number of hydrogen-bond donors (Lipinski definition) is 2. The Labute approximate surface area is 168 Å². The maximum Gasteiger partial charge on any atom is 0.276 e. The van der Waals surface area contributed by atoms with Crippen LogP contribution in [0.3, 0.4) is 0 Å². The smallest absolute Gasteiger partial charge is 0.276 e. The average molecular weight is 389 g/mol. The van der Waals surface area contributed by atoms with Crippen molar-refractivity contribution in [2.24, 2.45) is 0 Å². The van der Waals surface area contributed by atoms with Gasteiger partial charge in [0.2, 0.25) is 0 Å². The van der Waals surface area contributed by atoms with Gasteiger partial charge in [0.1, 0.15) is 5.82 Å². The lowest BCUT2D eigenvalue weighted by Crippen LogP contribution is -2.15. The van der Waals surface area contributed by atoms with Gasteiger partial charge >= 0.3 is 0 Å². The molecule has 0 aliphatic rings. The van der Waals surface area contributed by atoms with Gasteiger partial charge in [-0.05, 0) is 54.1 Å². The molecule has 1 aromatic heterocycles. The van der Waals surface area contributed by atoms with Crippen LogP contribution in [0.25, 0.3) is 0 Å². The standard InChI is InChI=1S/C21H19N5O3/c1-28-18-9-5-15(11-19(18)29-2)13-23-20-10-8-17(25-26-20)21(27)24-16-6-3-14(12-22)4-7-16/h3-11H,13H2,1-2H3,(H,23,26)(H,24,27). The number of ether oxygens (including phenoxy) is 2. The Morgan fingerprint density at radius 1 is 1.00 bits per heavy atom. The molecule has 0 fully saturated rings. The zero-order valence-electron chi connectivity index (χ0n) is 16.0. The number of nitrogens with one attached hydrogen (secondary N) is 2. The van der Waals surface area contributed by atoms with Crippen molar-refractivity contribution >= 4 is 17.4 Å². The molecule has 8 nitrogen and oxygen atoms in total. The van der Waals surface area contributed by atoms with E-state index in [-0.39, 0.29) is 11.6 Å². The quantitative estimate of drug-likeness (QED) is 0.638. The third-order valence-electron chi connectivity index (χ3n) is 4.09. The molecular formula is C21H19N5O3. The van der Waals surface area contributed by atoms with E-state index in [1.54, 1.807) is 50.6 Å². The second kappa shape index (κ2) is 9.19. The lowest BCUT2D eigenvalue weighted by molar-refractivity contribution is 0.102. The minimum absolute atomic E-state index is 0.186. The molecule has 0 aliphatic heterocycles. The second-order valence-electron chi connectivity index (χ2n) is 5.99. The van der Waals surface area contributed by atoms with Gasteiger partial charge < -0.3 is 20.1 Å². The number of anilines is 2. The first-order chi connectivity index (χ1) is 14.1. The monoisotopic (exact) mass is 389 g/mol.